The fourth-order valence-corrected chi connectivity index (χ4v) is 3.48. The quantitative estimate of drug-likeness (QED) is 0.477. The molecular formula is C22H34N2O3. The van der Waals surface area contributed by atoms with Gasteiger partial charge >= 0.3 is 0 Å². The SMILES string of the molecule is CCCCc1cc(C2=CC=C(N)C(OCCC)C2(OC)OCC)ccc1N. The summed E-state index contributed by atoms with van der Waals surface area (Å²) in [5, 5.41) is 0. The highest BCUT2D eigenvalue weighted by Crippen LogP contribution is 2.41. The minimum absolute atomic E-state index is 0.474. The smallest absolute Gasteiger partial charge is 0.228 e. The van der Waals surface area contributed by atoms with Gasteiger partial charge in [0, 0.05) is 37.3 Å². The van der Waals surface area contributed by atoms with Gasteiger partial charge in [0.15, 0.2) is 6.10 Å². The molecule has 2 atom stereocenters. The number of nitrogen functional groups attached to an aromatic ring is 1. The molecule has 2 unspecified atom stereocenters. The zero-order valence-electron chi connectivity index (χ0n) is 17.1. The normalized spacial score (nSPS) is 22.4. The van der Waals surface area contributed by atoms with E-state index in [1.165, 1.54) is 0 Å². The van der Waals surface area contributed by atoms with E-state index in [-0.39, 0.29) is 0 Å². The summed E-state index contributed by atoms with van der Waals surface area (Å²) in [4.78, 5) is 0. The van der Waals surface area contributed by atoms with Crippen molar-refractivity contribution in [3.05, 3.63) is 47.2 Å². The minimum Gasteiger partial charge on any atom is -0.400 e. The van der Waals surface area contributed by atoms with Crippen molar-refractivity contribution < 1.29 is 14.2 Å². The highest BCUT2D eigenvalue weighted by molar-refractivity contribution is 5.77. The summed E-state index contributed by atoms with van der Waals surface area (Å²) in [6.07, 6.45) is 7.41. The van der Waals surface area contributed by atoms with E-state index in [4.69, 9.17) is 25.7 Å². The lowest BCUT2D eigenvalue weighted by molar-refractivity contribution is -0.233. The second-order valence-electron chi connectivity index (χ2n) is 6.82. The first-order valence-corrected chi connectivity index (χ1v) is 9.91. The Kier molecular flexibility index (Phi) is 7.90. The molecule has 27 heavy (non-hydrogen) atoms. The lowest BCUT2D eigenvalue weighted by Crippen LogP contribution is -2.53. The zero-order valence-corrected chi connectivity index (χ0v) is 17.1. The molecule has 5 heteroatoms. The van der Waals surface area contributed by atoms with Crippen LogP contribution in [0.15, 0.2) is 36.0 Å². The third-order valence-corrected chi connectivity index (χ3v) is 4.87. The number of ether oxygens (including phenoxy) is 3. The Bertz CT molecular complexity index is 684. The van der Waals surface area contributed by atoms with Gasteiger partial charge in [-0.3, -0.25) is 0 Å². The van der Waals surface area contributed by atoms with Crippen molar-refractivity contribution in [2.75, 3.05) is 26.1 Å². The number of nitrogens with two attached hydrogens (primary N) is 2. The lowest BCUT2D eigenvalue weighted by atomic mass is 9.86. The predicted molar refractivity (Wildman–Crippen MR) is 111 cm³/mol. The summed E-state index contributed by atoms with van der Waals surface area (Å²) in [6.45, 7) is 7.24. The second-order valence-corrected chi connectivity index (χ2v) is 6.82. The Balaban J connectivity index is 2.51. The van der Waals surface area contributed by atoms with Crippen LogP contribution in [0.4, 0.5) is 5.69 Å². The molecule has 150 valence electrons. The Hall–Kier alpha value is -1.82. The summed E-state index contributed by atoms with van der Waals surface area (Å²) in [6, 6.07) is 6.10. The standard InChI is InChI=1S/C22H34N2O3/c1-5-8-9-17-15-16(10-12-19(17)23)18-11-13-20(24)21(26-14-6-2)22(18,25-4)27-7-3/h10-13,15,21H,5-9,14,23-24H2,1-4H3. The number of unbranched alkanes of at least 4 members (excludes halogenated alkanes) is 1. The molecule has 1 aliphatic rings. The van der Waals surface area contributed by atoms with Crippen molar-refractivity contribution in [1.29, 1.82) is 0 Å². The number of rotatable bonds is 10. The van der Waals surface area contributed by atoms with Crippen LogP contribution in [0.2, 0.25) is 0 Å². The largest absolute Gasteiger partial charge is 0.400 e. The van der Waals surface area contributed by atoms with E-state index < -0.39 is 11.9 Å². The van der Waals surface area contributed by atoms with E-state index in [1.807, 2.05) is 31.2 Å². The van der Waals surface area contributed by atoms with E-state index >= 15 is 0 Å². The number of aryl methyl sites for hydroxylation is 1. The molecule has 0 saturated carbocycles. The van der Waals surface area contributed by atoms with Crippen molar-refractivity contribution in [3.8, 4) is 0 Å². The van der Waals surface area contributed by atoms with Gasteiger partial charge in [0.25, 0.3) is 0 Å². The van der Waals surface area contributed by atoms with Gasteiger partial charge in [-0.05, 0) is 55.5 Å². The summed E-state index contributed by atoms with van der Waals surface area (Å²) in [5.74, 6) is -1.08. The average molecular weight is 375 g/mol. The molecule has 0 saturated heterocycles. The van der Waals surface area contributed by atoms with Crippen LogP contribution in [-0.4, -0.2) is 32.2 Å². The molecule has 0 spiro atoms. The first kappa shape index (κ1) is 21.5. The first-order chi connectivity index (χ1) is 13.0. The van der Waals surface area contributed by atoms with E-state index in [9.17, 15) is 0 Å². The fraction of sp³-hybridized carbons (Fsp3) is 0.545. The van der Waals surface area contributed by atoms with Gasteiger partial charge in [0.05, 0.1) is 0 Å². The van der Waals surface area contributed by atoms with E-state index in [0.29, 0.717) is 18.9 Å². The minimum atomic E-state index is -1.08. The van der Waals surface area contributed by atoms with Gasteiger partial charge in [0.1, 0.15) is 0 Å². The Morgan fingerprint density at radius 2 is 1.85 bits per heavy atom. The van der Waals surface area contributed by atoms with Crippen LogP contribution >= 0.6 is 0 Å². The molecule has 0 amide bonds. The fourth-order valence-electron chi connectivity index (χ4n) is 3.48. The molecule has 0 bridgehead atoms. The van der Waals surface area contributed by atoms with Crippen LogP contribution in [0.5, 0.6) is 0 Å². The number of benzene rings is 1. The van der Waals surface area contributed by atoms with E-state index in [2.05, 4.69) is 19.9 Å². The predicted octanol–water partition coefficient (Wildman–Crippen LogP) is 4.03. The maximum absolute atomic E-state index is 6.27. The van der Waals surface area contributed by atoms with Crippen molar-refractivity contribution >= 4 is 11.3 Å². The maximum atomic E-state index is 6.27. The molecule has 0 aromatic heterocycles. The molecule has 2 rings (SSSR count). The molecule has 4 N–H and O–H groups in total. The zero-order chi connectivity index (χ0) is 19.9. The third kappa shape index (κ3) is 4.54. The molecule has 0 fully saturated rings. The second kappa shape index (κ2) is 9.93. The van der Waals surface area contributed by atoms with Gasteiger partial charge in [0.2, 0.25) is 5.79 Å². The number of methoxy groups -OCH3 is 1. The van der Waals surface area contributed by atoms with Crippen LogP contribution in [-0.2, 0) is 20.6 Å². The molecule has 1 aromatic carbocycles. The summed E-state index contributed by atoms with van der Waals surface area (Å²) in [7, 11) is 1.64. The van der Waals surface area contributed by atoms with Crippen LogP contribution < -0.4 is 11.5 Å². The molecule has 0 heterocycles. The van der Waals surface area contributed by atoms with Gasteiger partial charge in [-0.1, -0.05) is 32.4 Å². The van der Waals surface area contributed by atoms with Crippen LogP contribution in [0, 0.1) is 0 Å². The molecule has 5 nitrogen and oxygen atoms in total. The molecular weight excluding hydrogens is 340 g/mol. The van der Waals surface area contributed by atoms with Crippen molar-refractivity contribution in [2.45, 2.75) is 58.3 Å². The van der Waals surface area contributed by atoms with Crippen LogP contribution in [0.3, 0.4) is 0 Å². The highest BCUT2D eigenvalue weighted by atomic mass is 16.7. The Morgan fingerprint density at radius 3 is 2.48 bits per heavy atom. The number of hydrogen-bond donors (Lipinski definition) is 2. The Labute approximate surface area is 163 Å². The number of anilines is 1. The average Bonchev–Trinajstić information content (AvgIpc) is 2.67. The van der Waals surface area contributed by atoms with Gasteiger partial charge in [-0.25, -0.2) is 0 Å². The van der Waals surface area contributed by atoms with Gasteiger partial charge < -0.3 is 25.7 Å². The summed E-state index contributed by atoms with van der Waals surface area (Å²) >= 11 is 0. The number of allylic oxidation sites excluding steroid dienone is 2. The highest BCUT2D eigenvalue weighted by Gasteiger charge is 2.48. The third-order valence-electron chi connectivity index (χ3n) is 4.87. The number of hydrogen-bond acceptors (Lipinski definition) is 5. The Morgan fingerprint density at radius 1 is 1.07 bits per heavy atom. The van der Waals surface area contributed by atoms with Crippen molar-refractivity contribution in [3.63, 3.8) is 0 Å². The summed E-state index contributed by atoms with van der Waals surface area (Å²) < 4.78 is 18.2. The topological polar surface area (TPSA) is 79.7 Å². The molecule has 1 aromatic rings. The van der Waals surface area contributed by atoms with Crippen molar-refractivity contribution in [1.82, 2.24) is 0 Å². The van der Waals surface area contributed by atoms with Crippen LogP contribution in [0.25, 0.3) is 5.57 Å². The monoisotopic (exact) mass is 374 g/mol. The van der Waals surface area contributed by atoms with Gasteiger partial charge in [-0.15, -0.1) is 0 Å². The molecule has 0 aliphatic heterocycles. The first-order valence-electron chi connectivity index (χ1n) is 9.91. The summed E-state index contributed by atoms with van der Waals surface area (Å²) in [5.41, 5.74) is 16.9. The van der Waals surface area contributed by atoms with Crippen LogP contribution in [0.1, 0.15) is 51.2 Å². The van der Waals surface area contributed by atoms with Gasteiger partial charge in [-0.2, -0.15) is 0 Å². The maximum Gasteiger partial charge on any atom is 0.228 e. The van der Waals surface area contributed by atoms with E-state index in [0.717, 1.165) is 48.1 Å². The molecule has 1 aliphatic carbocycles. The van der Waals surface area contributed by atoms with Crippen molar-refractivity contribution in [2.24, 2.45) is 5.73 Å². The lowest BCUT2D eigenvalue weighted by Gasteiger charge is -2.42. The molecule has 0 radical (unpaired) electrons. The van der Waals surface area contributed by atoms with E-state index in [1.54, 1.807) is 7.11 Å².